The van der Waals surface area contributed by atoms with Crippen LogP contribution in [0.5, 0.6) is 5.75 Å². The van der Waals surface area contributed by atoms with Gasteiger partial charge < -0.3 is 9.84 Å². The molecule has 1 unspecified atom stereocenters. The van der Waals surface area contributed by atoms with Gasteiger partial charge in [0, 0.05) is 10.6 Å². The highest BCUT2D eigenvalue weighted by Gasteiger charge is 2.30. The van der Waals surface area contributed by atoms with Crippen molar-refractivity contribution in [3.05, 3.63) is 24.3 Å². The number of methoxy groups -OCH3 is 1. The van der Waals surface area contributed by atoms with Crippen LogP contribution in [0.15, 0.2) is 29.2 Å². The summed E-state index contributed by atoms with van der Waals surface area (Å²) in [5, 5.41) is 9.16. The largest absolute Gasteiger partial charge is 0.497 e. The minimum Gasteiger partial charge on any atom is -0.497 e. The van der Waals surface area contributed by atoms with E-state index in [1.165, 1.54) is 0 Å². The summed E-state index contributed by atoms with van der Waals surface area (Å²) >= 11 is 1.56. The van der Waals surface area contributed by atoms with Crippen LogP contribution in [0, 0.1) is 5.41 Å². The predicted molar refractivity (Wildman–Crippen MR) is 69.8 cm³/mol. The van der Waals surface area contributed by atoms with E-state index in [1.807, 2.05) is 31.2 Å². The fourth-order valence-electron chi connectivity index (χ4n) is 1.23. The monoisotopic (exact) mass is 254 g/mol. The van der Waals surface area contributed by atoms with Crippen LogP contribution in [-0.4, -0.2) is 23.9 Å². The Morgan fingerprint density at radius 1 is 1.41 bits per heavy atom. The molecule has 1 atom stereocenters. The number of carbonyl (C=O) groups is 1. The highest BCUT2D eigenvalue weighted by atomic mass is 32.2. The smallest absolute Gasteiger partial charge is 0.310 e. The molecule has 0 aliphatic rings. The molecule has 1 N–H and O–H groups in total. The Labute approximate surface area is 106 Å². The molecule has 0 fully saturated rings. The summed E-state index contributed by atoms with van der Waals surface area (Å²) in [6.45, 7) is 3.69. The van der Waals surface area contributed by atoms with Gasteiger partial charge in [-0.15, -0.1) is 11.8 Å². The lowest BCUT2D eigenvalue weighted by Gasteiger charge is -2.22. The van der Waals surface area contributed by atoms with E-state index in [0.717, 1.165) is 10.6 Å². The average molecular weight is 254 g/mol. The topological polar surface area (TPSA) is 46.5 Å². The fraction of sp³-hybridized carbons (Fsp3) is 0.462. The third kappa shape index (κ3) is 3.66. The Morgan fingerprint density at radius 2 is 2.00 bits per heavy atom. The Kier molecular flexibility index (Phi) is 4.87. The standard InChI is InChI=1S/C13H18O3S/c1-4-13(2,12(14)15)9-17-11-7-5-10(16-3)6-8-11/h5-8H,4,9H2,1-3H3,(H,14,15). The lowest BCUT2D eigenvalue weighted by molar-refractivity contribution is -0.146. The van der Waals surface area contributed by atoms with Crippen molar-refractivity contribution in [3.8, 4) is 5.75 Å². The predicted octanol–water partition coefficient (Wildman–Crippen LogP) is 3.29. The molecular formula is C13H18O3S. The summed E-state index contributed by atoms with van der Waals surface area (Å²) in [6, 6.07) is 7.65. The molecule has 0 heterocycles. The molecular weight excluding hydrogens is 236 g/mol. The van der Waals surface area contributed by atoms with E-state index in [9.17, 15) is 4.79 Å². The number of hydrogen-bond acceptors (Lipinski definition) is 3. The van der Waals surface area contributed by atoms with Crippen molar-refractivity contribution in [1.29, 1.82) is 0 Å². The second-order valence-corrected chi connectivity index (χ2v) is 5.23. The van der Waals surface area contributed by atoms with Crippen LogP contribution < -0.4 is 4.74 Å². The van der Waals surface area contributed by atoms with Crippen molar-refractivity contribution in [1.82, 2.24) is 0 Å². The van der Waals surface area contributed by atoms with E-state index in [0.29, 0.717) is 12.2 Å². The number of carboxylic acids is 1. The quantitative estimate of drug-likeness (QED) is 0.791. The molecule has 1 aromatic rings. The second-order valence-electron chi connectivity index (χ2n) is 4.18. The molecule has 17 heavy (non-hydrogen) atoms. The lowest BCUT2D eigenvalue weighted by atomic mass is 9.90. The molecule has 0 saturated carbocycles. The molecule has 0 amide bonds. The third-order valence-corrected chi connectivity index (χ3v) is 4.30. The van der Waals surface area contributed by atoms with E-state index in [2.05, 4.69) is 0 Å². The lowest BCUT2D eigenvalue weighted by Crippen LogP contribution is -2.29. The summed E-state index contributed by atoms with van der Waals surface area (Å²) < 4.78 is 5.07. The molecule has 0 bridgehead atoms. The zero-order valence-electron chi connectivity index (χ0n) is 10.4. The van der Waals surface area contributed by atoms with E-state index in [4.69, 9.17) is 9.84 Å². The minimum atomic E-state index is -0.735. The Hall–Kier alpha value is -1.16. The SMILES string of the molecule is CCC(C)(CSc1ccc(OC)cc1)C(=O)O. The highest BCUT2D eigenvalue weighted by molar-refractivity contribution is 7.99. The summed E-state index contributed by atoms with van der Waals surface area (Å²) in [7, 11) is 1.63. The number of carboxylic acid groups (broad SMARTS) is 1. The van der Waals surface area contributed by atoms with Crippen LogP contribution in [0.4, 0.5) is 0 Å². The van der Waals surface area contributed by atoms with Crippen molar-refractivity contribution in [2.24, 2.45) is 5.41 Å². The minimum absolute atomic E-state index is 0.575. The maximum absolute atomic E-state index is 11.1. The summed E-state index contributed by atoms with van der Waals surface area (Å²) in [6.07, 6.45) is 0.630. The number of thioether (sulfide) groups is 1. The van der Waals surface area contributed by atoms with Crippen molar-refractivity contribution >= 4 is 17.7 Å². The van der Waals surface area contributed by atoms with Crippen LogP contribution >= 0.6 is 11.8 Å². The molecule has 4 heteroatoms. The molecule has 0 aromatic heterocycles. The van der Waals surface area contributed by atoms with Crippen molar-refractivity contribution in [2.75, 3.05) is 12.9 Å². The molecule has 0 aliphatic heterocycles. The van der Waals surface area contributed by atoms with Crippen LogP contribution in [0.3, 0.4) is 0 Å². The van der Waals surface area contributed by atoms with Gasteiger partial charge in [-0.05, 0) is 37.6 Å². The summed E-state index contributed by atoms with van der Waals surface area (Å²) in [5.74, 6) is 0.650. The zero-order chi connectivity index (χ0) is 12.9. The molecule has 0 saturated heterocycles. The van der Waals surface area contributed by atoms with E-state index < -0.39 is 11.4 Å². The zero-order valence-corrected chi connectivity index (χ0v) is 11.2. The molecule has 0 spiro atoms. The molecule has 0 aliphatic carbocycles. The number of benzene rings is 1. The van der Waals surface area contributed by atoms with E-state index in [1.54, 1.807) is 25.8 Å². The van der Waals surface area contributed by atoms with Crippen molar-refractivity contribution in [2.45, 2.75) is 25.2 Å². The van der Waals surface area contributed by atoms with Gasteiger partial charge in [-0.25, -0.2) is 0 Å². The number of rotatable bonds is 6. The maximum atomic E-state index is 11.1. The molecule has 94 valence electrons. The normalized spacial score (nSPS) is 14.1. The van der Waals surface area contributed by atoms with Gasteiger partial charge in [0.25, 0.3) is 0 Å². The van der Waals surface area contributed by atoms with Crippen molar-refractivity contribution < 1.29 is 14.6 Å². The number of hydrogen-bond donors (Lipinski definition) is 1. The molecule has 0 radical (unpaired) electrons. The summed E-state index contributed by atoms with van der Waals surface area (Å²) in [5.41, 5.74) is -0.662. The van der Waals surface area contributed by atoms with Gasteiger partial charge >= 0.3 is 5.97 Å². The first-order chi connectivity index (χ1) is 8.01. The van der Waals surface area contributed by atoms with Crippen LogP contribution in [0.1, 0.15) is 20.3 Å². The van der Waals surface area contributed by atoms with Gasteiger partial charge in [0.1, 0.15) is 5.75 Å². The maximum Gasteiger partial charge on any atom is 0.310 e. The van der Waals surface area contributed by atoms with Gasteiger partial charge in [0.05, 0.1) is 12.5 Å². The number of ether oxygens (including phenoxy) is 1. The summed E-state index contributed by atoms with van der Waals surface area (Å²) in [4.78, 5) is 12.2. The van der Waals surface area contributed by atoms with Gasteiger partial charge in [0.2, 0.25) is 0 Å². The highest BCUT2D eigenvalue weighted by Crippen LogP contribution is 2.31. The fourth-order valence-corrected chi connectivity index (χ4v) is 2.37. The first-order valence-electron chi connectivity index (χ1n) is 5.52. The van der Waals surface area contributed by atoms with Gasteiger partial charge in [0.15, 0.2) is 0 Å². The molecule has 1 aromatic carbocycles. The Balaban J connectivity index is 2.63. The van der Waals surface area contributed by atoms with E-state index in [-0.39, 0.29) is 0 Å². The van der Waals surface area contributed by atoms with E-state index >= 15 is 0 Å². The third-order valence-electron chi connectivity index (χ3n) is 2.91. The molecule has 1 rings (SSSR count). The number of aliphatic carboxylic acids is 1. The first kappa shape index (κ1) is 13.9. The van der Waals surface area contributed by atoms with Crippen LogP contribution in [0.2, 0.25) is 0 Å². The van der Waals surface area contributed by atoms with Gasteiger partial charge in [-0.1, -0.05) is 6.92 Å². The second kappa shape index (κ2) is 5.96. The first-order valence-corrected chi connectivity index (χ1v) is 6.50. The average Bonchev–Trinajstić information content (AvgIpc) is 2.36. The van der Waals surface area contributed by atoms with Crippen molar-refractivity contribution in [3.63, 3.8) is 0 Å². The van der Waals surface area contributed by atoms with Gasteiger partial charge in [-0.2, -0.15) is 0 Å². The van der Waals surface area contributed by atoms with Crippen LogP contribution in [0.25, 0.3) is 0 Å². The Morgan fingerprint density at radius 3 is 2.41 bits per heavy atom. The van der Waals surface area contributed by atoms with Crippen LogP contribution in [-0.2, 0) is 4.79 Å². The van der Waals surface area contributed by atoms with Gasteiger partial charge in [-0.3, -0.25) is 4.79 Å². The Bertz CT molecular complexity index is 375. The molecule has 3 nitrogen and oxygen atoms in total.